The van der Waals surface area contributed by atoms with Gasteiger partial charge in [0, 0.05) is 19.3 Å². The Kier molecular flexibility index (Phi) is 3.69. The lowest BCUT2D eigenvalue weighted by Gasteiger charge is -2.35. The summed E-state index contributed by atoms with van der Waals surface area (Å²) in [5, 5.41) is 4.31. The van der Waals surface area contributed by atoms with E-state index in [1.54, 1.807) is 0 Å². The van der Waals surface area contributed by atoms with Crippen molar-refractivity contribution in [2.45, 2.75) is 51.2 Å². The smallest absolute Gasteiger partial charge is 0.342 e. The zero-order valence-electron chi connectivity index (χ0n) is 12.6. The van der Waals surface area contributed by atoms with Gasteiger partial charge in [-0.1, -0.05) is 6.92 Å². The lowest BCUT2D eigenvalue weighted by Crippen LogP contribution is -2.47. The number of aryl methyl sites for hydroxylation is 1. The van der Waals surface area contributed by atoms with E-state index in [0.29, 0.717) is 25.9 Å². The second-order valence-corrected chi connectivity index (χ2v) is 6.29. The first-order valence-corrected chi connectivity index (χ1v) is 7.76. The van der Waals surface area contributed by atoms with E-state index in [1.165, 1.54) is 4.90 Å². The van der Waals surface area contributed by atoms with Crippen LogP contribution in [-0.4, -0.2) is 39.9 Å². The van der Waals surface area contributed by atoms with Gasteiger partial charge in [-0.2, -0.15) is 18.3 Å². The summed E-state index contributed by atoms with van der Waals surface area (Å²) in [7, 11) is 0. The van der Waals surface area contributed by atoms with Crippen molar-refractivity contribution in [3.8, 4) is 0 Å². The van der Waals surface area contributed by atoms with Crippen molar-refractivity contribution >= 4 is 5.91 Å². The Bertz CT molecular complexity index is 555. The molecule has 2 aliphatic rings. The predicted molar refractivity (Wildman–Crippen MR) is 74.2 cm³/mol. The summed E-state index contributed by atoms with van der Waals surface area (Å²) >= 11 is 0. The number of carbonyl (C=O) groups is 1. The number of hydrogen-bond donors (Lipinski definition) is 0. The quantitative estimate of drug-likeness (QED) is 0.860. The van der Waals surface area contributed by atoms with Crippen LogP contribution in [0.15, 0.2) is 12.4 Å². The monoisotopic (exact) mass is 315 g/mol. The molecule has 0 radical (unpaired) electrons. The van der Waals surface area contributed by atoms with E-state index in [-0.39, 0.29) is 18.9 Å². The lowest BCUT2D eigenvalue weighted by molar-refractivity contribution is -0.199. The van der Waals surface area contributed by atoms with Crippen molar-refractivity contribution in [1.82, 2.24) is 14.7 Å². The number of nitrogens with zero attached hydrogens (tertiary/aromatic N) is 3. The Morgan fingerprint density at radius 3 is 2.45 bits per heavy atom. The van der Waals surface area contributed by atoms with Crippen LogP contribution < -0.4 is 0 Å². The van der Waals surface area contributed by atoms with Crippen LogP contribution in [0.3, 0.4) is 0 Å². The van der Waals surface area contributed by atoms with Gasteiger partial charge in [-0.3, -0.25) is 9.48 Å². The van der Waals surface area contributed by atoms with Crippen LogP contribution >= 0.6 is 0 Å². The molecule has 2 heterocycles. The van der Waals surface area contributed by atoms with Gasteiger partial charge in [0.05, 0.1) is 12.2 Å². The van der Waals surface area contributed by atoms with Gasteiger partial charge in [-0.15, -0.1) is 0 Å². The largest absolute Gasteiger partial charge is 0.403 e. The van der Waals surface area contributed by atoms with Gasteiger partial charge in [-0.25, -0.2) is 0 Å². The Balaban J connectivity index is 1.61. The molecule has 2 fully saturated rings. The number of halogens is 3. The van der Waals surface area contributed by atoms with Gasteiger partial charge in [0.15, 0.2) is 0 Å². The van der Waals surface area contributed by atoms with E-state index >= 15 is 0 Å². The van der Waals surface area contributed by atoms with E-state index < -0.39 is 17.5 Å². The molecule has 3 rings (SSSR count). The van der Waals surface area contributed by atoms with Crippen molar-refractivity contribution in [3.63, 3.8) is 0 Å². The number of amides is 1. The number of piperidine rings is 1. The summed E-state index contributed by atoms with van der Waals surface area (Å²) in [6.45, 7) is 2.81. The van der Waals surface area contributed by atoms with E-state index in [0.717, 1.165) is 12.0 Å². The SMILES string of the molecule is CCc1cnn(C2CCN(C(=O)C3(C(F)(F)F)CC3)CC2)c1. The highest BCUT2D eigenvalue weighted by atomic mass is 19.4. The average Bonchev–Trinajstić information content (AvgIpc) is 3.19. The molecule has 1 aromatic rings. The maximum atomic E-state index is 13.0. The highest BCUT2D eigenvalue weighted by Gasteiger charge is 2.69. The summed E-state index contributed by atoms with van der Waals surface area (Å²) in [6.07, 6.45) is 1.49. The van der Waals surface area contributed by atoms with Gasteiger partial charge in [0.25, 0.3) is 0 Å². The molecule has 7 heteroatoms. The molecular weight excluding hydrogens is 295 g/mol. The van der Waals surface area contributed by atoms with E-state index in [9.17, 15) is 18.0 Å². The highest BCUT2D eigenvalue weighted by Crippen LogP contribution is 2.58. The first kappa shape index (κ1) is 15.4. The van der Waals surface area contributed by atoms with E-state index in [4.69, 9.17) is 0 Å². The van der Waals surface area contributed by atoms with Crippen LogP contribution in [0, 0.1) is 5.41 Å². The first-order chi connectivity index (χ1) is 10.4. The lowest BCUT2D eigenvalue weighted by atomic mass is 10.00. The van der Waals surface area contributed by atoms with Crippen LogP contribution in [0.4, 0.5) is 13.2 Å². The normalized spacial score (nSPS) is 21.9. The summed E-state index contributed by atoms with van der Waals surface area (Å²) in [4.78, 5) is 13.6. The van der Waals surface area contributed by atoms with Gasteiger partial charge >= 0.3 is 6.18 Å². The molecule has 0 spiro atoms. The third kappa shape index (κ3) is 2.50. The van der Waals surface area contributed by atoms with Gasteiger partial charge in [-0.05, 0) is 37.7 Å². The van der Waals surface area contributed by atoms with Crippen molar-refractivity contribution < 1.29 is 18.0 Å². The van der Waals surface area contributed by atoms with Crippen LogP contribution in [0.5, 0.6) is 0 Å². The maximum Gasteiger partial charge on any atom is 0.403 e. The summed E-state index contributed by atoms with van der Waals surface area (Å²) in [5.74, 6) is -0.729. The van der Waals surface area contributed by atoms with Crippen molar-refractivity contribution in [2.75, 3.05) is 13.1 Å². The number of hydrogen-bond acceptors (Lipinski definition) is 2. The molecule has 1 saturated heterocycles. The number of carbonyl (C=O) groups excluding carboxylic acids is 1. The molecule has 1 saturated carbocycles. The second-order valence-electron chi connectivity index (χ2n) is 6.29. The molecule has 1 aromatic heterocycles. The van der Waals surface area contributed by atoms with Crippen LogP contribution in [0.2, 0.25) is 0 Å². The second kappa shape index (κ2) is 5.28. The number of aromatic nitrogens is 2. The maximum absolute atomic E-state index is 13.0. The van der Waals surface area contributed by atoms with Crippen LogP contribution in [-0.2, 0) is 11.2 Å². The molecule has 1 amide bonds. The molecule has 0 atom stereocenters. The zero-order valence-corrected chi connectivity index (χ0v) is 12.6. The van der Waals surface area contributed by atoms with Crippen LogP contribution in [0.1, 0.15) is 44.2 Å². The predicted octanol–water partition coefficient (Wildman–Crippen LogP) is 2.95. The molecular formula is C15H20F3N3O. The third-order valence-corrected chi connectivity index (χ3v) is 4.89. The third-order valence-electron chi connectivity index (χ3n) is 4.89. The highest BCUT2D eigenvalue weighted by molar-refractivity contribution is 5.86. The van der Waals surface area contributed by atoms with Crippen LogP contribution in [0.25, 0.3) is 0 Å². The minimum Gasteiger partial charge on any atom is -0.342 e. The van der Waals surface area contributed by atoms with Crippen molar-refractivity contribution in [3.05, 3.63) is 18.0 Å². The molecule has 0 unspecified atom stereocenters. The molecule has 1 aliphatic heterocycles. The van der Waals surface area contributed by atoms with Gasteiger partial charge < -0.3 is 4.90 Å². The number of rotatable bonds is 3. The van der Waals surface area contributed by atoms with Crippen molar-refractivity contribution in [1.29, 1.82) is 0 Å². The fourth-order valence-corrected chi connectivity index (χ4v) is 3.14. The van der Waals surface area contributed by atoms with Crippen molar-refractivity contribution in [2.24, 2.45) is 5.41 Å². The Labute approximate surface area is 127 Å². The molecule has 4 nitrogen and oxygen atoms in total. The average molecular weight is 315 g/mol. The summed E-state index contributed by atoms with van der Waals surface area (Å²) < 4.78 is 41.0. The van der Waals surface area contributed by atoms with Gasteiger partial charge in [0.1, 0.15) is 5.41 Å². The minimum absolute atomic E-state index is 0.0612. The molecule has 122 valence electrons. The van der Waals surface area contributed by atoms with E-state index in [2.05, 4.69) is 12.0 Å². The molecule has 1 aliphatic carbocycles. The molecule has 0 bridgehead atoms. The topological polar surface area (TPSA) is 38.1 Å². The zero-order chi connectivity index (χ0) is 16.0. The van der Waals surface area contributed by atoms with E-state index in [1.807, 2.05) is 17.1 Å². The summed E-state index contributed by atoms with van der Waals surface area (Å²) in [5.41, 5.74) is -0.937. The molecule has 22 heavy (non-hydrogen) atoms. The molecule has 0 aromatic carbocycles. The number of alkyl halides is 3. The Morgan fingerprint density at radius 2 is 2.00 bits per heavy atom. The summed E-state index contributed by atoms with van der Waals surface area (Å²) in [6, 6.07) is 0.172. The number of likely N-dealkylation sites (tertiary alicyclic amines) is 1. The Morgan fingerprint density at radius 1 is 1.36 bits per heavy atom. The fourth-order valence-electron chi connectivity index (χ4n) is 3.14. The fraction of sp³-hybridized carbons (Fsp3) is 0.733. The minimum atomic E-state index is -4.42. The standard InChI is InChI=1S/C15H20F3N3O/c1-2-11-9-19-21(10-11)12-3-7-20(8-4-12)13(22)14(5-6-14)15(16,17)18/h9-10,12H,2-8H2,1H3. The Hall–Kier alpha value is -1.53. The first-order valence-electron chi connectivity index (χ1n) is 7.76. The molecule has 0 N–H and O–H groups in total. The van der Waals surface area contributed by atoms with Gasteiger partial charge in [0.2, 0.25) is 5.91 Å².